The van der Waals surface area contributed by atoms with Gasteiger partial charge in [-0.15, -0.1) is 0 Å². The molecule has 3 N–H and O–H groups in total. The van der Waals surface area contributed by atoms with Crippen LogP contribution >= 0.6 is 0 Å². The maximum Gasteiger partial charge on any atom is 0.146 e. The van der Waals surface area contributed by atoms with E-state index in [9.17, 15) is 15.3 Å². The van der Waals surface area contributed by atoms with Gasteiger partial charge in [0, 0.05) is 5.41 Å². The van der Waals surface area contributed by atoms with E-state index in [0.717, 1.165) is 16.7 Å². The Kier molecular flexibility index (Phi) is 14.7. The predicted molar refractivity (Wildman–Crippen MR) is 198 cm³/mol. The molecule has 0 amide bonds. The molecule has 0 heterocycles. The number of benzene rings is 4. The molecule has 0 saturated heterocycles. The molecule has 3 atom stereocenters. The van der Waals surface area contributed by atoms with Crippen LogP contribution < -0.4 is 18.9 Å². The lowest BCUT2D eigenvalue weighted by atomic mass is 9.78. The van der Waals surface area contributed by atoms with Crippen molar-refractivity contribution in [2.24, 2.45) is 0 Å². The molecule has 276 valence electrons. The third kappa shape index (κ3) is 13.2. The second-order valence-electron chi connectivity index (χ2n) is 14.3. The molecule has 9 heteroatoms. The summed E-state index contributed by atoms with van der Waals surface area (Å²) in [5.74, 6) is 2.70. The quantitative estimate of drug-likeness (QED) is 0.0692. The number of hydrogen-bond donors (Lipinski definition) is 3. The molecule has 0 radical (unpaired) electrons. The van der Waals surface area contributed by atoms with Crippen molar-refractivity contribution in [2.75, 3.05) is 46.4 Å². The monoisotopic (exact) mass is 702 g/mol. The normalized spacial score (nSPS) is 13.7. The summed E-state index contributed by atoms with van der Waals surface area (Å²) in [7, 11) is 0. The summed E-state index contributed by atoms with van der Waals surface area (Å²) in [6.45, 7) is 13.2. The summed E-state index contributed by atoms with van der Waals surface area (Å²) in [4.78, 5) is 0. The Morgan fingerprint density at radius 2 is 0.725 bits per heavy atom. The van der Waals surface area contributed by atoms with E-state index in [2.05, 4.69) is 34.6 Å². The number of aryl methyl sites for hydroxylation is 1. The largest absolute Gasteiger partial charge is 0.491 e. The molecule has 51 heavy (non-hydrogen) atoms. The number of rotatable bonds is 20. The topological polar surface area (TPSA) is 116 Å². The van der Waals surface area contributed by atoms with Gasteiger partial charge in [-0.25, -0.2) is 0 Å². The van der Waals surface area contributed by atoms with Crippen LogP contribution in [0.2, 0.25) is 0 Å². The van der Waals surface area contributed by atoms with E-state index < -0.39 is 18.3 Å². The molecule has 0 spiro atoms. The first-order valence-electron chi connectivity index (χ1n) is 17.4. The van der Waals surface area contributed by atoms with E-state index in [1.165, 1.54) is 5.56 Å². The lowest BCUT2D eigenvalue weighted by molar-refractivity contribution is -0.104. The van der Waals surface area contributed by atoms with E-state index in [4.69, 9.17) is 28.4 Å². The molecule has 0 aromatic heterocycles. The minimum atomic E-state index is -0.850. The van der Waals surface area contributed by atoms with E-state index in [0.29, 0.717) is 23.0 Å². The fourth-order valence-corrected chi connectivity index (χ4v) is 5.13. The zero-order valence-electron chi connectivity index (χ0n) is 30.7. The van der Waals surface area contributed by atoms with Gasteiger partial charge in [0.1, 0.15) is 74.5 Å². The first-order valence-corrected chi connectivity index (χ1v) is 17.4. The van der Waals surface area contributed by atoms with Crippen molar-refractivity contribution in [3.8, 4) is 23.0 Å². The molecule has 9 nitrogen and oxygen atoms in total. The summed E-state index contributed by atoms with van der Waals surface area (Å²) >= 11 is 0. The molecular weight excluding hydrogens is 648 g/mol. The highest BCUT2D eigenvalue weighted by molar-refractivity contribution is 5.42. The first-order chi connectivity index (χ1) is 24.3. The molecule has 4 aromatic rings. The molecule has 0 fully saturated rings. The van der Waals surface area contributed by atoms with Crippen LogP contribution in [0.25, 0.3) is 0 Å². The molecule has 0 aliphatic rings. The van der Waals surface area contributed by atoms with Gasteiger partial charge in [0.25, 0.3) is 0 Å². The highest BCUT2D eigenvalue weighted by atomic mass is 16.7. The van der Waals surface area contributed by atoms with Crippen molar-refractivity contribution in [3.05, 3.63) is 119 Å². The van der Waals surface area contributed by atoms with Gasteiger partial charge in [-0.2, -0.15) is 0 Å². The SMILES string of the molecule is Cc1ccc(OCC(O)COc2ccc(C(C)(C)c3ccc(OCC(O)COCOCC(O)COc4ccc(C(C)(C)C)cc4)cc3)cc2)cc1. The van der Waals surface area contributed by atoms with Crippen LogP contribution in [0, 0.1) is 6.92 Å². The Hall–Kier alpha value is -4.12. The predicted octanol–water partition coefficient (Wildman–Crippen LogP) is 6.61. The van der Waals surface area contributed by atoms with Crippen LogP contribution in [0.3, 0.4) is 0 Å². The van der Waals surface area contributed by atoms with Gasteiger partial charge in [-0.05, 0) is 77.6 Å². The summed E-state index contributed by atoms with van der Waals surface area (Å²) < 4.78 is 33.6. The number of ether oxygens (including phenoxy) is 6. The third-order valence-electron chi connectivity index (χ3n) is 8.45. The second-order valence-corrected chi connectivity index (χ2v) is 14.3. The first kappa shape index (κ1) is 39.7. The number of hydrogen-bond acceptors (Lipinski definition) is 9. The Morgan fingerprint density at radius 1 is 0.431 bits per heavy atom. The van der Waals surface area contributed by atoms with Crippen molar-refractivity contribution in [2.45, 2.75) is 70.7 Å². The van der Waals surface area contributed by atoms with Crippen LogP contribution in [0.4, 0.5) is 0 Å². The average Bonchev–Trinajstić information content (AvgIpc) is 3.12. The van der Waals surface area contributed by atoms with Gasteiger partial charge in [0.15, 0.2) is 0 Å². The molecule has 4 rings (SSSR count). The molecule has 4 aromatic carbocycles. The average molecular weight is 703 g/mol. The van der Waals surface area contributed by atoms with Gasteiger partial charge in [-0.3, -0.25) is 0 Å². The minimum absolute atomic E-state index is 0.0255. The Balaban J connectivity index is 1.10. The van der Waals surface area contributed by atoms with Crippen LogP contribution in [-0.4, -0.2) is 80.1 Å². The maximum absolute atomic E-state index is 10.3. The Morgan fingerprint density at radius 3 is 1.06 bits per heavy atom. The zero-order valence-corrected chi connectivity index (χ0v) is 30.7. The molecule has 0 aliphatic heterocycles. The summed E-state index contributed by atoms with van der Waals surface area (Å²) in [6, 6.07) is 31.2. The second kappa shape index (κ2) is 18.9. The van der Waals surface area contributed by atoms with Crippen molar-refractivity contribution in [1.29, 1.82) is 0 Å². The van der Waals surface area contributed by atoms with Crippen molar-refractivity contribution in [1.82, 2.24) is 0 Å². The molecule has 0 saturated carbocycles. The molecule has 0 bridgehead atoms. The highest BCUT2D eigenvalue weighted by Gasteiger charge is 2.23. The standard InChI is InChI=1S/C42H54O9/c1-30-7-15-37(16-8-30)50-27-36(45)28-51-40-21-13-33(14-22-40)42(5,6)32-11-19-39(20-12-32)49-26-35(44)24-47-29-46-23-34(43)25-48-38-17-9-31(10-18-38)41(2,3)4/h7-22,34-36,43-45H,23-29H2,1-6H3. The third-order valence-corrected chi connectivity index (χ3v) is 8.45. The van der Waals surface area contributed by atoms with Crippen molar-refractivity contribution < 1.29 is 43.7 Å². The van der Waals surface area contributed by atoms with E-state index >= 15 is 0 Å². The smallest absolute Gasteiger partial charge is 0.146 e. The Labute approximate surface area is 302 Å². The van der Waals surface area contributed by atoms with Crippen LogP contribution in [0.15, 0.2) is 97.1 Å². The maximum atomic E-state index is 10.3. The van der Waals surface area contributed by atoms with Gasteiger partial charge in [0.2, 0.25) is 0 Å². The Bertz CT molecular complexity index is 1560. The van der Waals surface area contributed by atoms with E-state index in [1.807, 2.05) is 104 Å². The van der Waals surface area contributed by atoms with Gasteiger partial charge >= 0.3 is 0 Å². The molecule has 0 aliphatic carbocycles. The van der Waals surface area contributed by atoms with Gasteiger partial charge in [0.05, 0.1) is 13.2 Å². The number of aliphatic hydroxyl groups excluding tert-OH is 3. The van der Waals surface area contributed by atoms with Gasteiger partial charge < -0.3 is 43.7 Å². The lowest BCUT2D eigenvalue weighted by Gasteiger charge is -2.26. The van der Waals surface area contributed by atoms with Crippen LogP contribution in [0.1, 0.15) is 56.9 Å². The fourth-order valence-electron chi connectivity index (χ4n) is 5.13. The van der Waals surface area contributed by atoms with Crippen LogP contribution in [0.5, 0.6) is 23.0 Å². The summed E-state index contributed by atoms with van der Waals surface area (Å²) in [5, 5.41) is 30.7. The molecular formula is C42H54O9. The zero-order chi connectivity index (χ0) is 36.9. The molecule has 3 unspecified atom stereocenters. The number of aliphatic hydroxyl groups is 3. The van der Waals surface area contributed by atoms with E-state index in [-0.39, 0.29) is 57.3 Å². The van der Waals surface area contributed by atoms with Gasteiger partial charge in [-0.1, -0.05) is 88.7 Å². The fraction of sp³-hybridized carbons (Fsp3) is 0.429. The van der Waals surface area contributed by atoms with Crippen molar-refractivity contribution >= 4 is 0 Å². The minimum Gasteiger partial charge on any atom is -0.491 e. The lowest BCUT2D eigenvalue weighted by Crippen LogP contribution is -2.26. The highest BCUT2D eigenvalue weighted by Crippen LogP contribution is 2.33. The summed E-state index contributed by atoms with van der Waals surface area (Å²) in [6.07, 6.45) is -2.42. The van der Waals surface area contributed by atoms with E-state index in [1.54, 1.807) is 0 Å². The van der Waals surface area contributed by atoms with Crippen LogP contribution in [-0.2, 0) is 20.3 Å². The summed E-state index contributed by atoms with van der Waals surface area (Å²) in [5.41, 5.74) is 4.34. The van der Waals surface area contributed by atoms with Crippen molar-refractivity contribution in [3.63, 3.8) is 0 Å².